The molecule has 0 unspecified atom stereocenters. The van der Waals surface area contributed by atoms with E-state index in [2.05, 4.69) is 50.8 Å². The molecule has 0 bridgehead atoms. The zero-order chi connectivity index (χ0) is 13.0. The molecule has 0 atom stereocenters. The number of pyridine rings is 1. The van der Waals surface area contributed by atoms with Crippen LogP contribution in [0.15, 0.2) is 16.7 Å². The van der Waals surface area contributed by atoms with E-state index < -0.39 is 0 Å². The first-order valence-electron chi connectivity index (χ1n) is 6.37. The molecule has 1 aliphatic rings. The maximum absolute atomic E-state index is 5.41. The molecule has 0 aromatic carbocycles. The van der Waals surface area contributed by atoms with Crippen LogP contribution in [0, 0.1) is 0 Å². The molecule has 0 spiro atoms. The second-order valence-corrected chi connectivity index (χ2v) is 5.34. The molecular formula is C13H20BrN3O. The largest absolute Gasteiger partial charge is 0.378 e. The van der Waals surface area contributed by atoms with Crippen molar-refractivity contribution in [3.8, 4) is 0 Å². The van der Waals surface area contributed by atoms with E-state index in [0.717, 1.165) is 49.7 Å². The molecule has 0 N–H and O–H groups in total. The minimum atomic E-state index is 0.805. The highest BCUT2D eigenvalue weighted by Gasteiger charge is 2.16. The van der Waals surface area contributed by atoms with Gasteiger partial charge in [-0.25, -0.2) is 4.98 Å². The molecule has 1 aliphatic heterocycles. The first kappa shape index (κ1) is 13.8. The molecule has 18 heavy (non-hydrogen) atoms. The number of halogens is 1. The summed E-state index contributed by atoms with van der Waals surface area (Å²) in [4.78, 5) is 9.25. The summed E-state index contributed by atoms with van der Waals surface area (Å²) < 4.78 is 6.31. The van der Waals surface area contributed by atoms with Crippen molar-refractivity contribution in [2.45, 2.75) is 13.5 Å². The summed E-state index contributed by atoms with van der Waals surface area (Å²) in [6.45, 7) is 7.57. The monoisotopic (exact) mass is 313 g/mol. The minimum absolute atomic E-state index is 0.805. The van der Waals surface area contributed by atoms with Crippen molar-refractivity contribution in [1.82, 2.24) is 9.88 Å². The standard InChI is InChI=1S/C13H20BrN3O/c1-3-16(2)10-11-12(4-5-13(14)15-11)17-6-8-18-9-7-17/h4-5H,3,6-10H2,1-2H3. The Morgan fingerprint density at radius 1 is 1.39 bits per heavy atom. The van der Waals surface area contributed by atoms with Gasteiger partial charge in [0.2, 0.25) is 0 Å². The van der Waals surface area contributed by atoms with E-state index in [-0.39, 0.29) is 0 Å². The Kier molecular flexibility index (Phi) is 4.97. The van der Waals surface area contributed by atoms with Gasteiger partial charge in [0.15, 0.2) is 0 Å². The van der Waals surface area contributed by atoms with Crippen molar-refractivity contribution in [1.29, 1.82) is 0 Å². The highest BCUT2D eigenvalue weighted by Crippen LogP contribution is 2.23. The number of nitrogens with zero attached hydrogens (tertiary/aromatic N) is 3. The van der Waals surface area contributed by atoms with Crippen LogP contribution in [0.5, 0.6) is 0 Å². The van der Waals surface area contributed by atoms with Crippen LogP contribution in [-0.4, -0.2) is 49.8 Å². The Morgan fingerprint density at radius 3 is 2.78 bits per heavy atom. The number of aromatic nitrogens is 1. The molecular weight excluding hydrogens is 294 g/mol. The molecule has 1 aromatic heterocycles. The second kappa shape index (κ2) is 6.50. The third kappa shape index (κ3) is 3.43. The lowest BCUT2D eigenvalue weighted by Gasteiger charge is -2.31. The third-order valence-electron chi connectivity index (χ3n) is 3.23. The van der Waals surface area contributed by atoms with E-state index in [1.165, 1.54) is 5.69 Å². The Hall–Kier alpha value is -0.650. The summed E-state index contributed by atoms with van der Waals surface area (Å²) in [5.74, 6) is 0. The van der Waals surface area contributed by atoms with Crippen molar-refractivity contribution >= 4 is 21.6 Å². The Labute approximate surface area is 117 Å². The number of rotatable bonds is 4. The summed E-state index contributed by atoms with van der Waals surface area (Å²) in [7, 11) is 2.12. The van der Waals surface area contributed by atoms with Crippen molar-refractivity contribution in [3.63, 3.8) is 0 Å². The van der Waals surface area contributed by atoms with Crippen LogP contribution in [0.2, 0.25) is 0 Å². The predicted molar refractivity (Wildman–Crippen MR) is 77.0 cm³/mol. The zero-order valence-electron chi connectivity index (χ0n) is 11.0. The van der Waals surface area contributed by atoms with Crippen LogP contribution in [-0.2, 0) is 11.3 Å². The van der Waals surface area contributed by atoms with Gasteiger partial charge in [-0.05, 0) is 41.7 Å². The fourth-order valence-electron chi connectivity index (χ4n) is 2.04. The van der Waals surface area contributed by atoms with Gasteiger partial charge in [-0.3, -0.25) is 0 Å². The number of anilines is 1. The van der Waals surface area contributed by atoms with Gasteiger partial charge in [-0.1, -0.05) is 6.92 Å². The van der Waals surface area contributed by atoms with E-state index in [9.17, 15) is 0 Å². The summed E-state index contributed by atoms with van der Waals surface area (Å²) in [5.41, 5.74) is 2.37. The molecule has 0 aliphatic carbocycles. The smallest absolute Gasteiger partial charge is 0.106 e. The molecule has 0 amide bonds. The van der Waals surface area contributed by atoms with Gasteiger partial charge in [0.1, 0.15) is 4.60 Å². The second-order valence-electron chi connectivity index (χ2n) is 4.53. The zero-order valence-corrected chi connectivity index (χ0v) is 12.6. The maximum Gasteiger partial charge on any atom is 0.106 e. The number of morpholine rings is 1. The fourth-order valence-corrected chi connectivity index (χ4v) is 2.39. The van der Waals surface area contributed by atoms with Crippen LogP contribution in [0.4, 0.5) is 5.69 Å². The summed E-state index contributed by atoms with van der Waals surface area (Å²) in [6.07, 6.45) is 0. The minimum Gasteiger partial charge on any atom is -0.378 e. The van der Waals surface area contributed by atoms with Crippen LogP contribution in [0.25, 0.3) is 0 Å². The summed E-state index contributed by atoms with van der Waals surface area (Å²) in [6, 6.07) is 4.17. The molecule has 0 radical (unpaired) electrons. The average molecular weight is 314 g/mol. The average Bonchev–Trinajstić information content (AvgIpc) is 2.40. The van der Waals surface area contributed by atoms with Crippen molar-refractivity contribution in [2.24, 2.45) is 0 Å². The number of hydrogen-bond acceptors (Lipinski definition) is 4. The van der Waals surface area contributed by atoms with Crippen molar-refractivity contribution in [3.05, 3.63) is 22.4 Å². The molecule has 2 rings (SSSR count). The lowest BCUT2D eigenvalue weighted by molar-refractivity contribution is 0.122. The third-order valence-corrected chi connectivity index (χ3v) is 3.67. The fraction of sp³-hybridized carbons (Fsp3) is 0.615. The van der Waals surface area contributed by atoms with Crippen molar-refractivity contribution in [2.75, 3.05) is 44.8 Å². The van der Waals surface area contributed by atoms with E-state index in [1.807, 2.05) is 6.07 Å². The molecule has 0 saturated carbocycles. The van der Waals surface area contributed by atoms with Gasteiger partial charge in [0.05, 0.1) is 24.6 Å². The number of hydrogen-bond donors (Lipinski definition) is 0. The molecule has 1 aromatic rings. The summed E-state index contributed by atoms with van der Waals surface area (Å²) in [5, 5.41) is 0. The molecule has 1 fully saturated rings. The van der Waals surface area contributed by atoms with Crippen LogP contribution < -0.4 is 4.90 Å². The summed E-state index contributed by atoms with van der Waals surface area (Å²) >= 11 is 3.46. The van der Waals surface area contributed by atoms with Gasteiger partial charge >= 0.3 is 0 Å². The highest BCUT2D eigenvalue weighted by atomic mass is 79.9. The molecule has 1 saturated heterocycles. The Balaban J connectivity index is 2.21. The Bertz CT molecular complexity index is 394. The predicted octanol–water partition coefficient (Wildman–Crippen LogP) is 2.13. The van der Waals surface area contributed by atoms with Gasteiger partial charge in [-0.2, -0.15) is 0 Å². The normalized spacial score (nSPS) is 16.3. The lowest BCUT2D eigenvalue weighted by atomic mass is 10.2. The molecule has 100 valence electrons. The Morgan fingerprint density at radius 2 is 2.11 bits per heavy atom. The van der Waals surface area contributed by atoms with Crippen LogP contribution >= 0.6 is 15.9 Å². The lowest BCUT2D eigenvalue weighted by Crippen LogP contribution is -2.37. The van der Waals surface area contributed by atoms with Crippen LogP contribution in [0.1, 0.15) is 12.6 Å². The number of ether oxygens (including phenoxy) is 1. The van der Waals surface area contributed by atoms with Crippen LogP contribution in [0.3, 0.4) is 0 Å². The van der Waals surface area contributed by atoms with E-state index in [4.69, 9.17) is 4.74 Å². The van der Waals surface area contributed by atoms with Gasteiger partial charge in [0.25, 0.3) is 0 Å². The van der Waals surface area contributed by atoms with E-state index in [0.29, 0.717) is 0 Å². The van der Waals surface area contributed by atoms with E-state index in [1.54, 1.807) is 0 Å². The molecule has 4 nitrogen and oxygen atoms in total. The van der Waals surface area contributed by atoms with Gasteiger partial charge in [-0.15, -0.1) is 0 Å². The topological polar surface area (TPSA) is 28.6 Å². The van der Waals surface area contributed by atoms with Crippen molar-refractivity contribution < 1.29 is 4.74 Å². The van der Waals surface area contributed by atoms with Gasteiger partial charge in [0, 0.05) is 19.6 Å². The molecule has 2 heterocycles. The SMILES string of the molecule is CCN(C)Cc1nc(Br)ccc1N1CCOCC1. The highest BCUT2D eigenvalue weighted by molar-refractivity contribution is 9.10. The molecule has 5 heteroatoms. The van der Waals surface area contributed by atoms with Gasteiger partial charge < -0.3 is 14.5 Å². The first-order valence-corrected chi connectivity index (χ1v) is 7.16. The van der Waals surface area contributed by atoms with E-state index >= 15 is 0 Å². The first-order chi connectivity index (χ1) is 8.70. The maximum atomic E-state index is 5.41. The quantitative estimate of drug-likeness (QED) is 0.796.